The van der Waals surface area contributed by atoms with Crippen molar-refractivity contribution in [3.05, 3.63) is 29.8 Å². The van der Waals surface area contributed by atoms with Crippen molar-refractivity contribution in [3.8, 4) is 5.75 Å². The second-order valence-corrected chi connectivity index (χ2v) is 6.03. The molecule has 0 saturated heterocycles. The summed E-state index contributed by atoms with van der Waals surface area (Å²) >= 11 is 0. The average Bonchev–Trinajstić information content (AvgIpc) is 2.62. The Morgan fingerprint density at radius 1 is 1.04 bits per heavy atom. The SMILES string of the molecule is CCCCCCCOc1ccc(CNCCC(=O)O)cc1.O=C(O)C(F)(F)F. The molecule has 1 aromatic rings. The molecule has 0 aliphatic heterocycles. The maximum Gasteiger partial charge on any atom is 0.490 e. The first kappa shape index (κ1) is 25.7. The van der Waals surface area contributed by atoms with Crippen molar-refractivity contribution in [2.45, 2.75) is 58.2 Å². The van der Waals surface area contributed by atoms with Crippen LogP contribution in [0.3, 0.4) is 0 Å². The molecule has 160 valence electrons. The van der Waals surface area contributed by atoms with Crippen LogP contribution in [0.5, 0.6) is 5.75 Å². The van der Waals surface area contributed by atoms with Crippen LogP contribution in [-0.2, 0) is 16.1 Å². The van der Waals surface area contributed by atoms with E-state index in [-0.39, 0.29) is 6.42 Å². The van der Waals surface area contributed by atoms with Crippen LogP contribution in [0.1, 0.15) is 51.0 Å². The van der Waals surface area contributed by atoms with Crippen molar-refractivity contribution >= 4 is 11.9 Å². The smallest absolute Gasteiger partial charge is 0.490 e. The number of carbonyl (C=O) groups is 2. The summed E-state index contributed by atoms with van der Waals surface area (Å²) in [5.41, 5.74) is 1.13. The van der Waals surface area contributed by atoms with Gasteiger partial charge in [-0.2, -0.15) is 13.2 Å². The normalized spacial score (nSPS) is 10.7. The Morgan fingerprint density at radius 3 is 2.11 bits per heavy atom. The number of carboxylic acid groups (broad SMARTS) is 2. The Hall–Kier alpha value is -2.29. The summed E-state index contributed by atoms with van der Waals surface area (Å²) in [5.74, 6) is -2.63. The first-order chi connectivity index (χ1) is 13.2. The van der Waals surface area contributed by atoms with E-state index >= 15 is 0 Å². The van der Waals surface area contributed by atoms with Gasteiger partial charge in [-0.25, -0.2) is 4.79 Å². The molecule has 0 bridgehead atoms. The maximum absolute atomic E-state index is 10.6. The van der Waals surface area contributed by atoms with Crippen LogP contribution >= 0.6 is 0 Å². The molecule has 6 nitrogen and oxygen atoms in total. The van der Waals surface area contributed by atoms with Crippen LogP contribution in [0.25, 0.3) is 0 Å². The Balaban J connectivity index is 0.000000887. The first-order valence-electron chi connectivity index (χ1n) is 9.11. The summed E-state index contributed by atoms with van der Waals surface area (Å²) in [7, 11) is 0. The van der Waals surface area contributed by atoms with Gasteiger partial charge in [-0.1, -0.05) is 44.7 Å². The number of aliphatic carboxylic acids is 2. The molecule has 1 aromatic carbocycles. The standard InChI is InChI=1S/C17H27NO3.C2HF3O2/c1-2-3-4-5-6-13-21-16-9-7-15(8-10-16)14-18-12-11-17(19)20;3-2(4,5)1(6)7/h7-10,18H,2-6,11-14H2,1H3,(H,19,20);(H,6,7). The third-order valence-corrected chi connectivity index (χ3v) is 3.53. The Bertz CT molecular complexity index is 562. The molecule has 0 amide bonds. The topological polar surface area (TPSA) is 95.9 Å². The Kier molecular flexibility index (Phi) is 13.5. The summed E-state index contributed by atoms with van der Waals surface area (Å²) in [6.07, 6.45) is 1.28. The molecule has 0 saturated carbocycles. The molecule has 0 atom stereocenters. The zero-order valence-electron chi connectivity index (χ0n) is 15.9. The molecule has 0 aliphatic carbocycles. The number of alkyl halides is 3. The zero-order chi connectivity index (χ0) is 21.4. The maximum atomic E-state index is 10.6. The highest BCUT2D eigenvalue weighted by Gasteiger charge is 2.38. The number of carboxylic acids is 2. The number of ether oxygens (including phenoxy) is 1. The van der Waals surface area contributed by atoms with Gasteiger partial charge in [0.2, 0.25) is 0 Å². The Labute approximate surface area is 162 Å². The van der Waals surface area contributed by atoms with E-state index in [1.807, 2.05) is 24.3 Å². The van der Waals surface area contributed by atoms with Crippen molar-refractivity contribution < 1.29 is 37.7 Å². The van der Waals surface area contributed by atoms with E-state index in [1.54, 1.807) is 0 Å². The minimum absolute atomic E-state index is 0.152. The van der Waals surface area contributed by atoms with Gasteiger partial charge in [0.15, 0.2) is 0 Å². The monoisotopic (exact) mass is 407 g/mol. The van der Waals surface area contributed by atoms with Crippen LogP contribution in [-0.4, -0.2) is 41.5 Å². The van der Waals surface area contributed by atoms with E-state index in [1.165, 1.54) is 25.7 Å². The van der Waals surface area contributed by atoms with Crippen molar-refractivity contribution in [1.29, 1.82) is 0 Å². The van der Waals surface area contributed by atoms with Gasteiger partial charge in [-0.05, 0) is 24.1 Å². The van der Waals surface area contributed by atoms with Gasteiger partial charge in [0.05, 0.1) is 13.0 Å². The molecule has 0 radical (unpaired) electrons. The van der Waals surface area contributed by atoms with Gasteiger partial charge in [0.1, 0.15) is 5.75 Å². The second kappa shape index (κ2) is 14.7. The number of halogens is 3. The summed E-state index contributed by atoms with van der Waals surface area (Å²) < 4.78 is 37.4. The van der Waals surface area contributed by atoms with Crippen molar-refractivity contribution in [3.63, 3.8) is 0 Å². The molecular formula is C19H28F3NO5. The summed E-state index contributed by atoms with van der Waals surface area (Å²) in [6.45, 7) is 4.17. The fourth-order valence-corrected chi connectivity index (χ4v) is 2.03. The molecule has 0 spiro atoms. The van der Waals surface area contributed by atoms with Gasteiger partial charge < -0.3 is 20.3 Å². The first-order valence-corrected chi connectivity index (χ1v) is 9.11. The summed E-state index contributed by atoms with van der Waals surface area (Å²) in [5, 5.41) is 18.8. The molecule has 3 N–H and O–H groups in total. The predicted octanol–water partition coefficient (Wildman–Crippen LogP) is 4.23. The number of hydrogen-bond acceptors (Lipinski definition) is 4. The average molecular weight is 407 g/mol. The van der Waals surface area contributed by atoms with E-state index in [9.17, 15) is 18.0 Å². The van der Waals surface area contributed by atoms with Gasteiger partial charge in [0.25, 0.3) is 0 Å². The summed E-state index contributed by atoms with van der Waals surface area (Å²) in [6, 6.07) is 7.97. The van der Waals surface area contributed by atoms with E-state index in [0.717, 1.165) is 24.3 Å². The second-order valence-electron chi connectivity index (χ2n) is 6.03. The minimum Gasteiger partial charge on any atom is -0.494 e. The minimum atomic E-state index is -5.08. The molecule has 9 heteroatoms. The largest absolute Gasteiger partial charge is 0.494 e. The van der Waals surface area contributed by atoms with E-state index in [0.29, 0.717) is 13.1 Å². The Morgan fingerprint density at radius 2 is 1.61 bits per heavy atom. The predicted molar refractivity (Wildman–Crippen MR) is 98.3 cm³/mol. The molecule has 0 heterocycles. The quantitative estimate of drug-likeness (QED) is 0.449. The van der Waals surface area contributed by atoms with Crippen molar-refractivity contribution in [1.82, 2.24) is 5.32 Å². The fraction of sp³-hybridized carbons (Fsp3) is 0.579. The number of hydrogen-bond donors (Lipinski definition) is 3. The van der Waals surface area contributed by atoms with Crippen LogP contribution in [0.4, 0.5) is 13.2 Å². The van der Waals surface area contributed by atoms with E-state index < -0.39 is 18.1 Å². The van der Waals surface area contributed by atoms with Crippen LogP contribution in [0, 0.1) is 0 Å². The van der Waals surface area contributed by atoms with E-state index in [4.69, 9.17) is 19.7 Å². The van der Waals surface area contributed by atoms with Crippen LogP contribution in [0.15, 0.2) is 24.3 Å². The van der Waals surface area contributed by atoms with E-state index in [2.05, 4.69) is 12.2 Å². The summed E-state index contributed by atoms with van der Waals surface area (Å²) in [4.78, 5) is 19.3. The van der Waals surface area contributed by atoms with Gasteiger partial charge in [-0.15, -0.1) is 0 Å². The van der Waals surface area contributed by atoms with Gasteiger partial charge >= 0.3 is 18.1 Å². The third-order valence-electron chi connectivity index (χ3n) is 3.53. The molecule has 0 fully saturated rings. The molecule has 0 aliphatic rings. The molecule has 0 unspecified atom stereocenters. The lowest BCUT2D eigenvalue weighted by molar-refractivity contribution is -0.192. The third kappa shape index (κ3) is 14.8. The van der Waals surface area contributed by atoms with Crippen LogP contribution in [0.2, 0.25) is 0 Å². The lowest BCUT2D eigenvalue weighted by atomic mass is 10.2. The highest BCUT2D eigenvalue weighted by Crippen LogP contribution is 2.14. The number of rotatable bonds is 12. The highest BCUT2D eigenvalue weighted by atomic mass is 19.4. The van der Waals surface area contributed by atoms with Crippen LogP contribution < -0.4 is 10.1 Å². The van der Waals surface area contributed by atoms with Crippen molar-refractivity contribution in [2.24, 2.45) is 0 Å². The molecule has 28 heavy (non-hydrogen) atoms. The zero-order valence-corrected chi connectivity index (χ0v) is 15.9. The highest BCUT2D eigenvalue weighted by molar-refractivity contribution is 5.73. The molecule has 1 rings (SSSR count). The fourth-order valence-electron chi connectivity index (χ4n) is 2.03. The number of benzene rings is 1. The number of nitrogens with one attached hydrogen (secondary N) is 1. The van der Waals surface area contributed by atoms with Gasteiger partial charge in [0, 0.05) is 13.1 Å². The lowest BCUT2D eigenvalue weighted by Gasteiger charge is -2.08. The lowest BCUT2D eigenvalue weighted by Crippen LogP contribution is -2.21. The molecular weight excluding hydrogens is 379 g/mol. The van der Waals surface area contributed by atoms with Gasteiger partial charge in [-0.3, -0.25) is 4.79 Å². The van der Waals surface area contributed by atoms with Crippen molar-refractivity contribution in [2.75, 3.05) is 13.2 Å². The molecule has 0 aromatic heterocycles. The number of unbranched alkanes of at least 4 members (excludes halogenated alkanes) is 4.